The van der Waals surface area contributed by atoms with Crippen LogP contribution in [0.1, 0.15) is 47.1 Å². The highest BCUT2D eigenvalue weighted by atomic mass is 127. The second-order valence-electron chi connectivity index (χ2n) is 9.02. The lowest BCUT2D eigenvalue weighted by atomic mass is 10.2. The van der Waals surface area contributed by atoms with Crippen molar-refractivity contribution >= 4 is 63.3 Å². The molecule has 1 atom stereocenters. The number of hydrogen-bond acceptors (Lipinski definition) is 7. The van der Waals surface area contributed by atoms with Gasteiger partial charge in [0.05, 0.1) is 20.0 Å². The predicted molar refractivity (Wildman–Crippen MR) is 172 cm³/mol. The quantitative estimate of drug-likeness (QED) is 0.0800. The molecule has 1 amide bonds. The van der Waals surface area contributed by atoms with Crippen LogP contribution in [0, 0.1) is 21.0 Å². The Morgan fingerprint density at radius 2 is 1.68 bits per heavy atom. The highest BCUT2D eigenvalue weighted by molar-refractivity contribution is 14.1. The molecule has 0 saturated carbocycles. The molecule has 2 aromatic heterocycles. The van der Waals surface area contributed by atoms with Crippen LogP contribution in [0.15, 0.2) is 70.2 Å². The van der Waals surface area contributed by atoms with Crippen LogP contribution in [-0.2, 0) is 16.1 Å². The Balaban J connectivity index is 1.30. The Labute approximate surface area is 265 Å². The standard InChI is InChI=1S/C30H29I2N3O6/c1-5-38-30(37)20(4)40-28-25(31)14-21(15-26(28)32)16-33-34-29(36)27-13-12-24(41-27)17-39-23-10-8-22(9-11-23)35-18(2)6-7-19(35)3/h6-16,20H,5,17H2,1-4H3,(H,34,36)/b33-16+/t20-/m1/s1. The van der Waals surface area contributed by atoms with Crippen LogP contribution in [0.25, 0.3) is 5.69 Å². The van der Waals surface area contributed by atoms with E-state index in [1.165, 1.54) is 6.21 Å². The summed E-state index contributed by atoms with van der Waals surface area (Å²) < 4.78 is 26.0. The van der Waals surface area contributed by atoms with Gasteiger partial charge in [-0.1, -0.05) is 0 Å². The summed E-state index contributed by atoms with van der Waals surface area (Å²) in [6.07, 6.45) is 0.789. The number of carbonyl (C=O) groups is 2. The summed E-state index contributed by atoms with van der Waals surface area (Å²) in [6, 6.07) is 18.9. The first kappa shape index (κ1) is 30.6. The van der Waals surface area contributed by atoms with Crippen LogP contribution >= 0.6 is 45.2 Å². The van der Waals surface area contributed by atoms with Gasteiger partial charge in [0.15, 0.2) is 11.9 Å². The van der Waals surface area contributed by atoms with E-state index in [1.54, 1.807) is 26.0 Å². The van der Waals surface area contributed by atoms with Crippen molar-refractivity contribution in [1.29, 1.82) is 0 Å². The van der Waals surface area contributed by atoms with Crippen molar-refractivity contribution in [3.05, 3.63) is 96.3 Å². The maximum atomic E-state index is 12.5. The molecular formula is C30H29I2N3O6. The van der Waals surface area contributed by atoms with Gasteiger partial charge in [-0.15, -0.1) is 0 Å². The number of benzene rings is 2. The summed E-state index contributed by atoms with van der Waals surface area (Å²) in [5.41, 5.74) is 6.61. The first-order chi connectivity index (χ1) is 19.7. The number of hydrogen-bond donors (Lipinski definition) is 1. The maximum Gasteiger partial charge on any atom is 0.347 e. The van der Waals surface area contributed by atoms with Crippen molar-refractivity contribution < 1.29 is 28.2 Å². The molecule has 0 spiro atoms. The lowest BCUT2D eigenvalue weighted by molar-refractivity contribution is -0.150. The SMILES string of the molecule is CCOC(=O)[C@@H](C)Oc1c(I)cc(/C=N/NC(=O)c2ccc(COc3ccc(-n4c(C)ccc4C)cc3)o2)cc1I. The third-order valence-corrected chi connectivity index (χ3v) is 7.55. The number of rotatable bonds is 11. The molecular weight excluding hydrogens is 752 g/mol. The molecule has 0 saturated heterocycles. The summed E-state index contributed by atoms with van der Waals surface area (Å²) in [6.45, 7) is 8.00. The molecule has 1 N–H and O–H groups in total. The number of furan rings is 1. The lowest BCUT2D eigenvalue weighted by Crippen LogP contribution is -2.26. The fraction of sp³-hybridized carbons (Fsp3) is 0.233. The molecule has 0 aliphatic heterocycles. The van der Waals surface area contributed by atoms with E-state index in [0.717, 1.165) is 29.8 Å². The zero-order valence-corrected chi connectivity index (χ0v) is 27.3. The molecule has 0 aliphatic carbocycles. The molecule has 9 nitrogen and oxygen atoms in total. The fourth-order valence-electron chi connectivity index (χ4n) is 3.97. The third kappa shape index (κ3) is 7.91. The van der Waals surface area contributed by atoms with Gasteiger partial charge in [-0.25, -0.2) is 10.2 Å². The fourth-order valence-corrected chi connectivity index (χ4v) is 6.04. The summed E-state index contributed by atoms with van der Waals surface area (Å²) in [4.78, 5) is 24.4. The minimum atomic E-state index is -0.733. The van der Waals surface area contributed by atoms with Gasteiger partial charge in [-0.2, -0.15) is 5.10 Å². The molecule has 0 bridgehead atoms. The van der Waals surface area contributed by atoms with Crippen molar-refractivity contribution in [3.63, 3.8) is 0 Å². The number of nitrogens with zero attached hydrogens (tertiary/aromatic N) is 2. The number of esters is 1. The van der Waals surface area contributed by atoms with Gasteiger partial charge in [0.2, 0.25) is 0 Å². The van der Waals surface area contributed by atoms with E-state index in [-0.39, 0.29) is 12.4 Å². The lowest BCUT2D eigenvalue weighted by Gasteiger charge is -2.16. The molecule has 0 unspecified atom stereocenters. The average Bonchev–Trinajstić information content (AvgIpc) is 3.56. The molecule has 11 heteroatoms. The van der Waals surface area contributed by atoms with Gasteiger partial charge in [0, 0.05) is 17.1 Å². The second kappa shape index (κ2) is 14.0. The van der Waals surface area contributed by atoms with E-state index < -0.39 is 18.0 Å². The topological polar surface area (TPSA) is 104 Å². The molecule has 0 aliphatic rings. The van der Waals surface area contributed by atoms with Crippen LogP contribution in [0.5, 0.6) is 11.5 Å². The van der Waals surface area contributed by atoms with Crippen LogP contribution in [0.4, 0.5) is 0 Å². The summed E-state index contributed by atoms with van der Waals surface area (Å²) >= 11 is 4.25. The summed E-state index contributed by atoms with van der Waals surface area (Å²) in [5, 5.41) is 4.05. The first-order valence-corrected chi connectivity index (χ1v) is 14.9. The van der Waals surface area contributed by atoms with Gasteiger partial charge < -0.3 is 23.2 Å². The Kier molecular flexibility index (Phi) is 10.5. The number of nitrogens with one attached hydrogen (secondary N) is 1. The van der Waals surface area contributed by atoms with E-state index in [2.05, 4.69) is 86.3 Å². The molecule has 41 heavy (non-hydrogen) atoms. The molecule has 0 radical (unpaired) electrons. The van der Waals surface area contributed by atoms with Crippen molar-refractivity contribution in [1.82, 2.24) is 9.99 Å². The van der Waals surface area contributed by atoms with E-state index in [4.69, 9.17) is 18.6 Å². The Bertz CT molecular complexity index is 1520. The van der Waals surface area contributed by atoms with Gasteiger partial charge in [-0.3, -0.25) is 4.79 Å². The van der Waals surface area contributed by atoms with E-state index in [1.807, 2.05) is 36.4 Å². The Morgan fingerprint density at radius 3 is 2.32 bits per heavy atom. The monoisotopic (exact) mass is 781 g/mol. The number of hydrazone groups is 1. The van der Waals surface area contributed by atoms with Gasteiger partial charge in [0.25, 0.3) is 0 Å². The molecule has 2 aromatic carbocycles. The smallest absolute Gasteiger partial charge is 0.347 e. The summed E-state index contributed by atoms with van der Waals surface area (Å²) in [5.74, 6) is 1.00. The zero-order chi connectivity index (χ0) is 29.5. The minimum Gasteiger partial charge on any atom is -0.486 e. The molecule has 0 fully saturated rings. The van der Waals surface area contributed by atoms with Gasteiger partial charge >= 0.3 is 11.9 Å². The number of ether oxygens (including phenoxy) is 3. The third-order valence-electron chi connectivity index (χ3n) is 5.95. The van der Waals surface area contributed by atoms with E-state index in [9.17, 15) is 9.59 Å². The number of amides is 1. The highest BCUT2D eigenvalue weighted by Gasteiger charge is 2.19. The minimum absolute atomic E-state index is 0.121. The number of aromatic nitrogens is 1. The number of carbonyl (C=O) groups excluding carboxylic acids is 2. The largest absolute Gasteiger partial charge is 0.486 e. The van der Waals surface area contributed by atoms with Gasteiger partial charge in [0.1, 0.15) is 23.9 Å². The first-order valence-electron chi connectivity index (χ1n) is 12.8. The van der Waals surface area contributed by atoms with Gasteiger partial charge in [-0.05, 0) is 139 Å². The van der Waals surface area contributed by atoms with Crippen molar-refractivity contribution in [2.75, 3.05) is 6.61 Å². The summed E-state index contributed by atoms with van der Waals surface area (Å²) in [7, 11) is 0. The predicted octanol–water partition coefficient (Wildman–Crippen LogP) is 6.57. The normalized spacial score (nSPS) is 11.9. The molecule has 2 heterocycles. The van der Waals surface area contributed by atoms with Crippen LogP contribution in [0.2, 0.25) is 0 Å². The zero-order valence-electron chi connectivity index (χ0n) is 22.9. The van der Waals surface area contributed by atoms with Crippen LogP contribution in [-0.4, -0.2) is 35.4 Å². The van der Waals surface area contributed by atoms with Crippen molar-refractivity contribution in [3.8, 4) is 17.2 Å². The Morgan fingerprint density at radius 1 is 1.02 bits per heavy atom. The molecule has 4 aromatic rings. The maximum absolute atomic E-state index is 12.5. The second-order valence-corrected chi connectivity index (χ2v) is 11.3. The van der Waals surface area contributed by atoms with Crippen LogP contribution < -0.4 is 14.9 Å². The van der Waals surface area contributed by atoms with E-state index >= 15 is 0 Å². The van der Waals surface area contributed by atoms with E-state index in [0.29, 0.717) is 23.9 Å². The molecule has 4 rings (SSSR count). The highest BCUT2D eigenvalue weighted by Crippen LogP contribution is 2.29. The van der Waals surface area contributed by atoms with Crippen molar-refractivity contribution in [2.24, 2.45) is 5.10 Å². The average molecular weight is 781 g/mol. The Hall–Kier alpha value is -3.33. The van der Waals surface area contributed by atoms with Crippen molar-refractivity contribution in [2.45, 2.75) is 40.4 Å². The molecule has 214 valence electrons. The number of aryl methyl sites for hydroxylation is 2. The van der Waals surface area contributed by atoms with Crippen LogP contribution in [0.3, 0.4) is 0 Å². The number of halogens is 2.